The highest BCUT2D eigenvalue weighted by Crippen LogP contribution is 1.91. The number of rotatable bonds is 4. The normalized spacial score (nSPS) is 8.55. The molecule has 62 valence electrons. The fourth-order valence-electron chi connectivity index (χ4n) is 0.520. The lowest BCUT2D eigenvalue weighted by molar-refractivity contribution is -0.137. The molecule has 0 atom stereocenters. The van der Waals surface area contributed by atoms with E-state index in [1.54, 1.807) is 6.08 Å². The number of esters is 1. The minimum atomic E-state index is -0.271. The van der Waals surface area contributed by atoms with Crippen LogP contribution in [0.15, 0.2) is 24.3 Å². The number of carbonyl (C=O) groups is 1. The van der Waals surface area contributed by atoms with Crippen LogP contribution in [-0.2, 0) is 9.53 Å². The summed E-state index contributed by atoms with van der Waals surface area (Å²) in [5, 5.41) is 0. The molecule has 0 unspecified atom stereocenters. The Hall–Kier alpha value is -1.05. The van der Waals surface area contributed by atoms with Gasteiger partial charge in [0.2, 0.25) is 0 Å². The van der Waals surface area contributed by atoms with Gasteiger partial charge in [-0.1, -0.05) is 11.6 Å². The van der Waals surface area contributed by atoms with Crippen molar-refractivity contribution >= 4 is 5.97 Å². The molecule has 0 bridgehead atoms. The van der Waals surface area contributed by atoms with Crippen molar-refractivity contribution in [2.24, 2.45) is 0 Å². The smallest absolute Gasteiger partial charge is 0.330 e. The number of hydrogen-bond donors (Lipinski definition) is 0. The lowest BCUT2D eigenvalue weighted by Crippen LogP contribution is -2.01. The molecule has 0 aromatic rings. The van der Waals surface area contributed by atoms with Crippen molar-refractivity contribution in [2.45, 2.75) is 20.3 Å². The molecule has 0 aliphatic carbocycles. The Kier molecular flexibility index (Phi) is 5.17. The second kappa shape index (κ2) is 5.71. The maximum absolute atomic E-state index is 10.8. The second-order valence-electron chi connectivity index (χ2n) is 2.47. The number of carbonyl (C=O) groups excluding carboxylic acids is 1. The fourth-order valence-corrected chi connectivity index (χ4v) is 0.520. The first kappa shape index (κ1) is 9.95. The van der Waals surface area contributed by atoms with Crippen LogP contribution < -0.4 is 0 Å². The van der Waals surface area contributed by atoms with Gasteiger partial charge in [-0.15, -0.1) is 6.58 Å². The summed E-state index contributed by atoms with van der Waals surface area (Å²) in [6, 6.07) is 0. The van der Waals surface area contributed by atoms with E-state index in [9.17, 15) is 4.79 Å². The first-order valence-electron chi connectivity index (χ1n) is 3.59. The Morgan fingerprint density at radius 3 is 2.64 bits per heavy atom. The molecule has 0 radical (unpaired) electrons. The molecule has 0 aliphatic heterocycles. The summed E-state index contributed by atoms with van der Waals surface area (Å²) in [5.41, 5.74) is 0.952. The topological polar surface area (TPSA) is 26.3 Å². The van der Waals surface area contributed by atoms with E-state index in [1.807, 2.05) is 13.8 Å². The van der Waals surface area contributed by atoms with Gasteiger partial charge in [-0.05, 0) is 20.3 Å². The molecule has 0 aromatic carbocycles. The monoisotopic (exact) mass is 154 g/mol. The molecule has 0 aromatic heterocycles. The van der Waals surface area contributed by atoms with Gasteiger partial charge in [0.1, 0.15) is 0 Å². The molecule has 0 rings (SSSR count). The van der Waals surface area contributed by atoms with Gasteiger partial charge in [0.25, 0.3) is 0 Å². The van der Waals surface area contributed by atoms with Crippen molar-refractivity contribution in [3.63, 3.8) is 0 Å². The van der Waals surface area contributed by atoms with E-state index in [0.717, 1.165) is 5.57 Å². The summed E-state index contributed by atoms with van der Waals surface area (Å²) in [5.74, 6) is -0.271. The maximum atomic E-state index is 10.8. The van der Waals surface area contributed by atoms with E-state index in [0.29, 0.717) is 13.0 Å². The molecule has 0 saturated carbocycles. The molecule has 11 heavy (non-hydrogen) atoms. The van der Waals surface area contributed by atoms with Crippen molar-refractivity contribution in [2.75, 3.05) is 6.61 Å². The van der Waals surface area contributed by atoms with Gasteiger partial charge < -0.3 is 4.74 Å². The third kappa shape index (κ3) is 6.84. The standard InChI is InChI=1S/C9H14O2/c1-4-5-6-11-9(10)7-8(2)3/h4,7H,1,5-6H2,2-3H3. The average molecular weight is 154 g/mol. The van der Waals surface area contributed by atoms with Crippen LogP contribution in [0.25, 0.3) is 0 Å². The number of ether oxygens (including phenoxy) is 1. The highest BCUT2D eigenvalue weighted by molar-refractivity contribution is 5.82. The third-order valence-electron chi connectivity index (χ3n) is 0.973. The van der Waals surface area contributed by atoms with Crippen LogP contribution >= 0.6 is 0 Å². The van der Waals surface area contributed by atoms with Gasteiger partial charge in [0, 0.05) is 6.08 Å². The van der Waals surface area contributed by atoms with Crippen molar-refractivity contribution < 1.29 is 9.53 Å². The molecule has 0 N–H and O–H groups in total. The van der Waals surface area contributed by atoms with E-state index in [-0.39, 0.29) is 5.97 Å². The third-order valence-corrected chi connectivity index (χ3v) is 0.973. The van der Waals surface area contributed by atoms with Crippen molar-refractivity contribution in [1.29, 1.82) is 0 Å². The molecular formula is C9H14O2. The zero-order chi connectivity index (χ0) is 8.69. The summed E-state index contributed by atoms with van der Waals surface area (Å²) < 4.78 is 4.81. The number of hydrogen-bond acceptors (Lipinski definition) is 2. The van der Waals surface area contributed by atoms with Gasteiger partial charge in [0.05, 0.1) is 6.61 Å². The van der Waals surface area contributed by atoms with Crippen LogP contribution in [0, 0.1) is 0 Å². The highest BCUT2D eigenvalue weighted by atomic mass is 16.5. The molecule has 0 saturated heterocycles. The van der Waals surface area contributed by atoms with Crippen LogP contribution in [0.3, 0.4) is 0 Å². The average Bonchev–Trinajstić information content (AvgIpc) is 1.86. The molecule has 0 fully saturated rings. The quantitative estimate of drug-likeness (QED) is 0.268. The van der Waals surface area contributed by atoms with Crippen LogP contribution in [-0.4, -0.2) is 12.6 Å². The molecule has 2 nitrogen and oxygen atoms in total. The van der Waals surface area contributed by atoms with Crippen LogP contribution in [0.1, 0.15) is 20.3 Å². The summed E-state index contributed by atoms with van der Waals surface area (Å²) in [7, 11) is 0. The number of allylic oxidation sites excluding steroid dienone is 1. The molecule has 0 heterocycles. The minimum absolute atomic E-state index is 0.271. The molecule has 0 spiro atoms. The molecular weight excluding hydrogens is 140 g/mol. The van der Waals surface area contributed by atoms with Gasteiger partial charge in [-0.25, -0.2) is 4.79 Å². The van der Waals surface area contributed by atoms with Crippen LogP contribution in [0.4, 0.5) is 0 Å². The first-order valence-corrected chi connectivity index (χ1v) is 3.59. The summed E-state index contributed by atoms with van der Waals surface area (Å²) in [4.78, 5) is 10.8. The fraction of sp³-hybridized carbons (Fsp3) is 0.444. The summed E-state index contributed by atoms with van der Waals surface area (Å²) >= 11 is 0. The lowest BCUT2D eigenvalue weighted by Gasteiger charge is -1.97. The van der Waals surface area contributed by atoms with Crippen molar-refractivity contribution in [3.05, 3.63) is 24.3 Å². The highest BCUT2D eigenvalue weighted by Gasteiger charge is 1.94. The van der Waals surface area contributed by atoms with Gasteiger partial charge in [0.15, 0.2) is 0 Å². The van der Waals surface area contributed by atoms with Gasteiger partial charge in [-0.2, -0.15) is 0 Å². The van der Waals surface area contributed by atoms with E-state index in [2.05, 4.69) is 6.58 Å². The molecule has 2 heteroatoms. The van der Waals surface area contributed by atoms with E-state index in [1.165, 1.54) is 6.08 Å². The Bertz CT molecular complexity index is 164. The van der Waals surface area contributed by atoms with Gasteiger partial charge in [-0.3, -0.25) is 0 Å². The Morgan fingerprint density at radius 1 is 1.55 bits per heavy atom. The minimum Gasteiger partial charge on any atom is -0.462 e. The Balaban J connectivity index is 3.53. The zero-order valence-corrected chi connectivity index (χ0v) is 7.09. The van der Waals surface area contributed by atoms with E-state index < -0.39 is 0 Å². The van der Waals surface area contributed by atoms with Crippen LogP contribution in [0.5, 0.6) is 0 Å². The summed E-state index contributed by atoms with van der Waals surface area (Å²) in [6.45, 7) is 7.65. The van der Waals surface area contributed by atoms with Crippen molar-refractivity contribution in [1.82, 2.24) is 0 Å². The van der Waals surface area contributed by atoms with Gasteiger partial charge >= 0.3 is 5.97 Å². The Morgan fingerprint density at radius 2 is 2.18 bits per heavy atom. The molecule has 0 aliphatic rings. The predicted molar refractivity (Wildman–Crippen MR) is 45.2 cm³/mol. The van der Waals surface area contributed by atoms with E-state index >= 15 is 0 Å². The second-order valence-corrected chi connectivity index (χ2v) is 2.47. The zero-order valence-electron chi connectivity index (χ0n) is 7.09. The molecule has 0 amide bonds. The van der Waals surface area contributed by atoms with Crippen molar-refractivity contribution in [3.8, 4) is 0 Å². The van der Waals surface area contributed by atoms with E-state index in [4.69, 9.17) is 4.74 Å². The summed E-state index contributed by atoms with van der Waals surface area (Å²) in [6.07, 6.45) is 3.90. The predicted octanol–water partition coefficient (Wildman–Crippen LogP) is 2.07. The maximum Gasteiger partial charge on any atom is 0.330 e. The lowest BCUT2D eigenvalue weighted by atomic mass is 10.3. The first-order chi connectivity index (χ1) is 5.16. The van der Waals surface area contributed by atoms with Crippen LogP contribution in [0.2, 0.25) is 0 Å². The Labute approximate surface area is 67.6 Å². The SMILES string of the molecule is C=CCCOC(=O)C=C(C)C. The largest absolute Gasteiger partial charge is 0.462 e.